The summed E-state index contributed by atoms with van der Waals surface area (Å²) in [6, 6.07) is 3.59. The Bertz CT molecular complexity index is 516. The minimum atomic E-state index is -4.47. The molecule has 1 heterocycles. The molecule has 0 aromatic heterocycles. The molecule has 108 valence electrons. The van der Waals surface area contributed by atoms with Gasteiger partial charge in [-0.25, -0.2) is 0 Å². The molecule has 1 aromatic rings. The van der Waals surface area contributed by atoms with Crippen molar-refractivity contribution in [3.63, 3.8) is 0 Å². The van der Waals surface area contributed by atoms with E-state index in [1.165, 1.54) is 12.2 Å². The van der Waals surface area contributed by atoms with E-state index in [1.807, 2.05) is 0 Å². The second-order valence-corrected chi connectivity index (χ2v) is 4.14. The molecular formula is C12H11F3N2O3. The Balaban J connectivity index is 2.07. The standard InChI is InChI=1S/C12H11F3N2O3/c13-12(14,15)8-3-1-7(2-4-8)11(20)16-17-9(18)5-6-10(17)19/h1-6,9-10,18-19H,(H,16,20). The number of alkyl halides is 3. The number of nitrogens with zero attached hydrogens (tertiary/aromatic N) is 1. The predicted molar refractivity (Wildman–Crippen MR) is 61.9 cm³/mol. The number of carbonyl (C=O) groups excluding carboxylic acids is 1. The highest BCUT2D eigenvalue weighted by Gasteiger charge is 2.31. The van der Waals surface area contributed by atoms with Crippen LogP contribution in [0, 0.1) is 0 Å². The Labute approximate surface area is 111 Å². The van der Waals surface area contributed by atoms with E-state index in [9.17, 15) is 28.2 Å². The third kappa shape index (κ3) is 2.98. The molecule has 0 radical (unpaired) electrons. The Morgan fingerprint density at radius 1 is 1.10 bits per heavy atom. The fourth-order valence-corrected chi connectivity index (χ4v) is 1.67. The molecule has 2 unspecified atom stereocenters. The number of hydrogen-bond donors (Lipinski definition) is 3. The molecule has 8 heteroatoms. The Morgan fingerprint density at radius 2 is 1.60 bits per heavy atom. The van der Waals surface area contributed by atoms with Crippen LogP contribution < -0.4 is 5.43 Å². The lowest BCUT2D eigenvalue weighted by molar-refractivity contribution is -0.137. The van der Waals surface area contributed by atoms with Gasteiger partial charge in [-0.2, -0.15) is 18.2 Å². The summed E-state index contributed by atoms with van der Waals surface area (Å²) in [5, 5.41) is 19.7. The van der Waals surface area contributed by atoms with E-state index < -0.39 is 30.1 Å². The molecule has 0 saturated heterocycles. The Hall–Kier alpha value is -1.90. The van der Waals surface area contributed by atoms with Crippen LogP contribution in [0.15, 0.2) is 36.4 Å². The van der Waals surface area contributed by atoms with Crippen LogP contribution in [0.25, 0.3) is 0 Å². The number of hydrazine groups is 1. The maximum Gasteiger partial charge on any atom is 0.416 e. The summed E-state index contributed by atoms with van der Waals surface area (Å²) in [6.07, 6.45) is -4.33. The average Bonchev–Trinajstić information content (AvgIpc) is 2.69. The highest BCUT2D eigenvalue weighted by Crippen LogP contribution is 2.29. The number of nitrogens with one attached hydrogen (secondary N) is 1. The molecule has 1 aromatic carbocycles. The number of benzene rings is 1. The summed E-state index contributed by atoms with van der Waals surface area (Å²) >= 11 is 0. The summed E-state index contributed by atoms with van der Waals surface area (Å²) in [5.74, 6) is -0.736. The van der Waals surface area contributed by atoms with Crippen molar-refractivity contribution in [2.75, 3.05) is 0 Å². The number of halogens is 3. The molecule has 2 rings (SSSR count). The lowest BCUT2D eigenvalue weighted by atomic mass is 10.1. The fraction of sp³-hybridized carbons (Fsp3) is 0.250. The van der Waals surface area contributed by atoms with Crippen LogP contribution in [-0.2, 0) is 6.18 Å². The molecule has 20 heavy (non-hydrogen) atoms. The first-order valence-electron chi connectivity index (χ1n) is 5.60. The van der Waals surface area contributed by atoms with Gasteiger partial charge < -0.3 is 10.2 Å². The van der Waals surface area contributed by atoms with Crippen molar-refractivity contribution in [2.45, 2.75) is 18.6 Å². The van der Waals surface area contributed by atoms with Crippen molar-refractivity contribution in [1.29, 1.82) is 0 Å². The minimum absolute atomic E-state index is 0.0238. The van der Waals surface area contributed by atoms with Crippen LogP contribution in [0.1, 0.15) is 15.9 Å². The van der Waals surface area contributed by atoms with E-state index >= 15 is 0 Å². The van der Waals surface area contributed by atoms with Crippen molar-refractivity contribution in [3.05, 3.63) is 47.5 Å². The zero-order valence-electron chi connectivity index (χ0n) is 10.0. The second-order valence-electron chi connectivity index (χ2n) is 4.14. The normalized spacial score (nSPS) is 23.1. The van der Waals surface area contributed by atoms with Crippen LogP contribution in [-0.4, -0.2) is 33.6 Å². The van der Waals surface area contributed by atoms with Crippen molar-refractivity contribution in [2.24, 2.45) is 0 Å². The minimum Gasteiger partial charge on any atom is -0.373 e. The third-order valence-electron chi connectivity index (χ3n) is 2.73. The first-order chi connectivity index (χ1) is 9.29. The smallest absolute Gasteiger partial charge is 0.373 e. The van der Waals surface area contributed by atoms with Gasteiger partial charge in [-0.15, -0.1) is 0 Å². The van der Waals surface area contributed by atoms with Crippen molar-refractivity contribution < 1.29 is 28.2 Å². The quantitative estimate of drug-likeness (QED) is 0.706. The SMILES string of the molecule is O=C(NN1C(O)C=CC1O)c1ccc(C(F)(F)F)cc1. The van der Waals surface area contributed by atoms with Crippen LogP contribution in [0.4, 0.5) is 13.2 Å². The summed E-state index contributed by atoms with van der Waals surface area (Å²) < 4.78 is 37.1. The molecule has 1 aliphatic rings. The predicted octanol–water partition coefficient (Wildman–Crippen LogP) is 0.859. The lowest BCUT2D eigenvalue weighted by Gasteiger charge is -2.24. The lowest BCUT2D eigenvalue weighted by Crippen LogP contribution is -2.50. The molecule has 0 saturated carbocycles. The maximum absolute atomic E-state index is 12.4. The second kappa shape index (κ2) is 5.23. The van der Waals surface area contributed by atoms with Gasteiger partial charge in [-0.1, -0.05) is 0 Å². The summed E-state index contributed by atoms with van der Waals surface area (Å²) in [5.41, 5.74) is 1.32. The van der Waals surface area contributed by atoms with E-state index in [4.69, 9.17) is 0 Å². The highest BCUT2D eigenvalue weighted by atomic mass is 19.4. The van der Waals surface area contributed by atoms with Crippen molar-refractivity contribution >= 4 is 5.91 Å². The van der Waals surface area contributed by atoms with Crippen LogP contribution in [0.2, 0.25) is 0 Å². The van der Waals surface area contributed by atoms with Gasteiger partial charge in [-0.3, -0.25) is 10.2 Å². The monoisotopic (exact) mass is 288 g/mol. The summed E-state index contributed by atoms with van der Waals surface area (Å²) in [7, 11) is 0. The summed E-state index contributed by atoms with van der Waals surface area (Å²) in [6.45, 7) is 0. The first kappa shape index (κ1) is 14.5. The third-order valence-corrected chi connectivity index (χ3v) is 2.73. The molecule has 0 spiro atoms. The zero-order chi connectivity index (χ0) is 14.9. The van der Waals surface area contributed by atoms with Crippen molar-refractivity contribution in [3.8, 4) is 0 Å². The Kier molecular flexibility index (Phi) is 3.80. The van der Waals surface area contributed by atoms with E-state index in [-0.39, 0.29) is 5.56 Å². The number of carbonyl (C=O) groups is 1. The molecule has 0 aliphatic carbocycles. The number of aliphatic hydroxyl groups is 2. The van der Waals surface area contributed by atoms with Gasteiger partial charge in [-0.05, 0) is 36.4 Å². The number of amides is 1. The number of rotatable bonds is 2. The highest BCUT2D eigenvalue weighted by molar-refractivity contribution is 5.93. The fourth-order valence-electron chi connectivity index (χ4n) is 1.67. The molecule has 2 atom stereocenters. The molecule has 0 bridgehead atoms. The van der Waals surface area contributed by atoms with Gasteiger partial charge in [0.05, 0.1) is 5.56 Å². The molecule has 5 nitrogen and oxygen atoms in total. The van der Waals surface area contributed by atoms with Gasteiger partial charge in [0.2, 0.25) is 0 Å². The Morgan fingerprint density at radius 3 is 2.05 bits per heavy atom. The van der Waals surface area contributed by atoms with E-state index in [0.717, 1.165) is 29.3 Å². The van der Waals surface area contributed by atoms with Crippen LogP contribution in [0.3, 0.4) is 0 Å². The maximum atomic E-state index is 12.4. The largest absolute Gasteiger partial charge is 0.416 e. The van der Waals surface area contributed by atoms with Crippen LogP contribution >= 0.6 is 0 Å². The molecular weight excluding hydrogens is 277 g/mol. The summed E-state index contributed by atoms with van der Waals surface area (Å²) in [4.78, 5) is 11.8. The van der Waals surface area contributed by atoms with E-state index in [0.29, 0.717) is 0 Å². The van der Waals surface area contributed by atoms with Gasteiger partial charge in [0, 0.05) is 5.56 Å². The number of hydrogen-bond acceptors (Lipinski definition) is 4. The molecule has 3 N–H and O–H groups in total. The van der Waals surface area contributed by atoms with E-state index in [1.54, 1.807) is 0 Å². The first-order valence-corrected chi connectivity index (χ1v) is 5.60. The van der Waals surface area contributed by atoms with Gasteiger partial charge in [0.15, 0.2) is 0 Å². The average molecular weight is 288 g/mol. The molecule has 1 amide bonds. The van der Waals surface area contributed by atoms with Gasteiger partial charge in [0.25, 0.3) is 5.91 Å². The topological polar surface area (TPSA) is 72.8 Å². The van der Waals surface area contributed by atoms with Gasteiger partial charge in [0.1, 0.15) is 12.5 Å². The van der Waals surface area contributed by atoms with Crippen molar-refractivity contribution in [1.82, 2.24) is 10.4 Å². The molecule has 1 aliphatic heterocycles. The van der Waals surface area contributed by atoms with Crippen LogP contribution in [0.5, 0.6) is 0 Å². The van der Waals surface area contributed by atoms with Gasteiger partial charge >= 0.3 is 6.18 Å². The molecule has 0 fully saturated rings. The zero-order valence-corrected chi connectivity index (χ0v) is 10.0. The number of aliphatic hydroxyl groups excluding tert-OH is 2. The van der Waals surface area contributed by atoms with E-state index in [2.05, 4.69) is 5.43 Å².